The van der Waals surface area contributed by atoms with Crippen LogP contribution in [-0.2, 0) is 4.74 Å². The first kappa shape index (κ1) is 9.47. The largest absolute Gasteiger partial charge is 0.381 e. The van der Waals surface area contributed by atoms with Crippen LogP contribution in [0.1, 0.15) is 33.6 Å². The normalized spacial score (nSPS) is 38.5. The molecular formula is C11H21NO. The highest BCUT2D eigenvalue weighted by atomic mass is 16.5. The number of nitrogens with one attached hydrogen (secondary N) is 1. The lowest BCUT2D eigenvalue weighted by molar-refractivity contribution is 0.178. The van der Waals surface area contributed by atoms with Crippen molar-refractivity contribution in [3.8, 4) is 0 Å². The molecule has 0 amide bonds. The van der Waals surface area contributed by atoms with Crippen molar-refractivity contribution in [3.63, 3.8) is 0 Å². The number of ether oxygens (including phenoxy) is 1. The summed E-state index contributed by atoms with van der Waals surface area (Å²) in [4.78, 5) is 0. The molecule has 0 aromatic heterocycles. The molecule has 0 bridgehead atoms. The van der Waals surface area contributed by atoms with Crippen LogP contribution in [0.4, 0.5) is 0 Å². The Kier molecular flexibility index (Phi) is 2.16. The van der Waals surface area contributed by atoms with Crippen molar-refractivity contribution < 1.29 is 4.74 Å². The Balaban J connectivity index is 1.74. The van der Waals surface area contributed by atoms with Crippen molar-refractivity contribution in [2.24, 2.45) is 11.3 Å². The van der Waals surface area contributed by atoms with Gasteiger partial charge in [0.25, 0.3) is 0 Å². The molecule has 1 saturated carbocycles. The minimum Gasteiger partial charge on any atom is -0.381 e. The fraction of sp³-hybridized carbons (Fsp3) is 1.00. The van der Waals surface area contributed by atoms with E-state index in [0.29, 0.717) is 5.41 Å². The van der Waals surface area contributed by atoms with Gasteiger partial charge in [-0.05, 0) is 46.1 Å². The fourth-order valence-corrected chi connectivity index (χ4v) is 2.26. The van der Waals surface area contributed by atoms with E-state index < -0.39 is 0 Å². The number of rotatable bonds is 2. The molecule has 1 aliphatic heterocycles. The zero-order valence-electron chi connectivity index (χ0n) is 9.02. The van der Waals surface area contributed by atoms with E-state index in [1.807, 2.05) is 0 Å². The van der Waals surface area contributed by atoms with Gasteiger partial charge in [-0.25, -0.2) is 0 Å². The van der Waals surface area contributed by atoms with Gasteiger partial charge in [0.1, 0.15) is 0 Å². The molecule has 1 aliphatic carbocycles. The van der Waals surface area contributed by atoms with Crippen molar-refractivity contribution in [2.75, 3.05) is 19.8 Å². The van der Waals surface area contributed by atoms with Crippen molar-refractivity contribution in [1.29, 1.82) is 0 Å². The minimum absolute atomic E-state index is 0.267. The van der Waals surface area contributed by atoms with Crippen LogP contribution in [0.5, 0.6) is 0 Å². The van der Waals surface area contributed by atoms with Crippen LogP contribution in [0.15, 0.2) is 0 Å². The van der Waals surface area contributed by atoms with E-state index in [1.54, 1.807) is 0 Å². The van der Waals surface area contributed by atoms with E-state index in [4.69, 9.17) is 4.74 Å². The summed E-state index contributed by atoms with van der Waals surface area (Å²) in [6, 6.07) is 0. The quantitative estimate of drug-likeness (QED) is 0.705. The third-order valence-corrected chi connectivity index (χ3v) is 3.37. The summed E-state index contributed by atoms with van der Waals surface area (Å²) < 4.78 is 5.46. The van der Waals surface area contributed by atoms with E-state index in [2.05, 4.69) is 26.1 Å². The SMILES string of the molecule is CC(C)(C)NCC1CC12CCOC2. The molecule has 2 atom stereocenters. The number of hydrogen-bond acceptors (Lipinski definition) is 2. The average molecular weight is 183 g/mol. The Morgan fingerprint density at radius 3 is 2.77 bits per heavy atom. The van der Waals surface area contributed by atoms with Crippen molar-refractivity contribution in [3.05, 3.63) is 0 Å². The molecule has 1 spiro atoms. The summed E-state index contributed by atoms with van der Waals surface area (Å²) in [5.74, 6) is 0.884. The van der Waals surface area contributed by atoms with E-state index in [9.17, 15) is 0 Å². The maximum Gasteiger partial charge on any atom is 0.0526 e. The molecule has 13 heavy (non-hydrogen) atoms. The van der Waals surface area contributed by atoms with E-state index in [0.717, 1.165) is 19.1 Å². The lowest BCUT2D eigenvalue weighted by Gasteiger charge is -2.21. The molecule has 0 aromatic rings. The van der Waals surface area contributed by atoms with Crippen LogP contribution < -0.4 is 5.32 Å². The summed E-state index contributed by atoms with van der Waals surface area (Å²) in [6.07, 6.45) is 2.68. The van der Waals surface area contributed by atoms with Crippen LogP contribution >= 0.6 is 0 Å². The highest BCUT2D eigenvalue weighted by Crippen LogP contribution is 2.57. The average Bonchev–Trinajstić information content (AvgIpc) is 2.42. The monoisotopic (exact) mass is 183 g/mol. The maximum atomic E-state index is 5.46. The maximum absolute atomic E-state index is 5.46. The molecular weight excluding hydrogens is 162 g/mol. The Morgan fingerprint density at radius 1 is 1.46 bits per heavy atom. The lowest BCUT2D eigenvalue weighted by atomic mass is 10.0. The molecule has 2 heteroatoms. The third kappa shape index (κ3) is 2.05. The summed E-state index contributed by atoms with van der Waals surface area (Å²) in [5, 5.41) is 3.58. The topological polar surface area (TPSA) is 21.3 Å². The molecule has 76 valence electrons. The second kappa shape index (κ2) is 2.96. The predicted octanol–water partition coefficient (Wildman–Crippen LogP) is 1.80. The van der Waals surface area contributed by atoms with Crippen LogP contribution in [-0.4, -0.2) is 25.3 Å². The smallest absolute Gasteiger partial charge is 0.0526 e. The Labute approximate surface area is 81.0 Å². The predicted molar refractivity (Wildman–Crippen MR) is 53.7 cm³/mol. The van der Waals surface area contributed by atoms with Gasteiger partial charge in [-0.1, -0.05) is 0 Å². The third-order valence-electron chi connectivity index (χ3n) is 3.37. The molecule has 2 nitrogen and oxygen atoms in total. The first-order valence-corrected chi connectivity index (χ1v) is 5.35. The molecule has 2 unspecified atom stereocenters. The van der Waals surface area contributed by atoms with Gasteiger partial charge in [0.2, 0.25) is 0 Å². The summed E-state index contributed by atoms with van der Waals surface area (Å²) in [5.41, 5.74) is 0.863. The van der Waals surface area contributed by atoms with Gasteiger partial charge in [0.05, 0.1) is 6.61 Å². The summed E-state index contributed by atoms with van der Waals surface area (Å²) >= 11 is 0. The van der Waals surface area contributed by atoms with Gasteiger partial charge in [-0.2, -0.15) is 0 Å². The molecule has 2 rings (SSSR count). The summed E-state index contributed by atoms with van der Waals surface area (Å²) in [7, 11) is 0. The standard InChI is InChI=1S/C11H21NO/c1-10(2,3)12-7-9-6-11(9)4-5-13-8-11/h9,12H,4-8H2,1-3H3. The van der Waals surface area contributed by atoms with Crippen LogP contribution in [0.25, 0.3) is 0 Å². The molecule has 1 N–H and O–H groups in total. The second-order valence-corrected chi connectivity index (χ2v) is 5.70. The first-order valence-electron chi connectivity index (χ1n) is 5.35. The van der Waals surface area contributed by atoms with Gasteiger partial charge in [0, 0.05) is 17.6 Å². The molecule has 1 saturated heterocycles. The zero-order valence-corrected chi connectivity index (χ0v) is 9.02. The molecule has 2 aliphatic rings. The van der Waals surface area contributed by atoms with Crippen LogP contribution in [0.2, 0.25) is 0 Å². The lowest BCUT2D eigenvalue weighted by Crippen LogP contribution is -2.37. The van der Waals surface area contributed by atoms with Gasteiger partial charge in [-0.15, -0.1) is 0 Å². The van der Waals surface area contributed by atoms with Crippen molar-refractivity contribution >= 4 is 0 Å². The van der Waals surface area contributed by atoms with Gasteiger partial charge >= 0.3 is 0 Å². The summed E-state index contributed by atoms with van der Waals surface area (Å²) in [6.45, 7) is 9.87. The minimum atomic E-state index is 0.267. The van der Waals surface area contributed by atoms with Crippen LogP contribution in [0.3, 0.4) is 0 Å². The Morgan fingerprint density at radius 2 is 2.23 bits per heavy atom. The Bertz CT molecular complexity index is 189. The van der Waals surface area contributed by atoms with Crippen molar-refractivity contribution in [1.82, 2.24) is 5.32 Å². The zero-order chi connectivity index (χ0) is 9.53. The van der Waals surface area contributed by atoms with Crippen molar-refractivity contribution in [2.45, 2.75) is 39.2 Å². The number of hydrogen-bond donors (Lipinski definition) is 1. The first-order chi connectivity index (χ1) is 6.02. The van der Waals surface area contributed by atoms with Gasteiger partial charge < -0.3 is 10.1 Å². The van der Waals surface area contributed by atoms with Crippen LogP contribution in [0, 0.1) is 11.3 Å². The molecule has 0 aromatic carbocycles. The highest BCUT2D eigenvalue weighted by molar-refractivity contribution is 5.05. The molecule has 0 radical (unpaired) electrons. The van der Waals surface area contributed by atoms with E-state index in [1.165, 1.54) is 19.4 Å². The van der Waals surface area contributed by atoms with E-state index in [-0.39, 0.29) is 5.54 Å². The molecule has 2 fully saturated rings. The highest BCUT2D eigenvalue weighted by Gasteiger charge is 2.55. The fourth-order valence-electron chi connectivity index (χ4n) is 2.26. The Hall–Kier alpha value is -0.0800. The van der Waals surface area contributed by atoms with Gasteiger partial charge in [0.15, 0.2) is 0 Å². The van der Waals surface area contributed by atoms with Gasteiger partial charge in [-0.3, -0.25) is 0 Å². The second-order valence-electron chi connectivity index (χ2n) is 5.70. The van der Waals surface area contributed by atoms with E-state index >= 15 is 0 Å². The molecule has 1 heterocycles.